The van der Waals surface area contributed by atoms with E-state index in [1.807, 2.05) is 13.8 Å². The molecule has 0 saturated heterocycles. The van der Waals surface area contributed by atoms with Crippen molar-refractivity contribution in [2.45, 2.75) is 34.1 Å². The lowest BCUT2D eigenvalue weighted by molar-refractivity contribution is -0.116. The highest BCUT2D eigenvalue weighted by Crippen LogP contribution is 2.37. The van der Waals surface area contributed by atoms with Crippen LogP contribution in [0.1, 0.15) is 42.8 Å². The van der Waals surface area contributed by atoms with Crippen LogP contribution in [0.5, 0.6) is 0 Å². The number of hydrogen-bond acceptors (Lipinski definition) is 7. The van der Waals surface area contributed by atoms with Crippen molar-refractivity contribution in [3.63, 3.8) is 0 Å². The normalized spacial score (nSPS) is 15.2. The predicted octanol–water partition coefficient (Wildman–Crippen LogP) is 4.13. The molecule has 1 aliphatic heterocycles. The molecule has 2 amide bonds. The number of aromatic nitrogens is 1. The SMILES string of the molecule is CCN(CC)CCC(=O)Nc1c(C)[nH]c(/C=C2\C(=O)Nc3ccc(N=[S-](=O)OC)cc32)c1C. The molecule has 1 aromatic heterocycles. The van der Waals surface area contributed by atoms with E-state index >= 15 is 0 Å². The lowest BCUT2D eigenvalue weighted by atomic mass is 10.0. The molecule has 0 spiro atoms. The topological polar surface area (TPSA) is 116 Å². The Labute approximate surface area is 196 Å². The lowest BCUT2D eigenvalue weighted by Gasteiger charge is -2.17. The Morgan fingerprint density at radius 3 is 2.67 bits per heavy atom. The first-order valence-electron chi connectivity index (χ1n) is 10.8. The van der Waals surface area contributed by atoms with E-state index < -0.39 is 10.9 Å². The predicted molar refractivity (Wildman–Crippen MR) is 131 cm³/mol. The van der Waals surface area contributed by atoms with E-state index in [-0.39, 0.29) is 11.8 Å². The molecule has 1 aromatic carbocycles. The van der Waals surface area contributed by atoms with Gasteiger partial charge in [0.2, 0.25) is 5.91 Å². The second kappa shape index (κ2) is 10.8. The van der Waals surface area contributed by atoms with Crippen LogP contribution in [0.15, 0.2) is 22.6 Å². The van der Waals surface area contributed by atoms with Crippen LogP contribution in [0.2, 0.25) is 0 Å². The molecule has 33 heavy (non-hydrogen) atoms. The maximum absolute atomic E-state index is 12.6. The molecule has 0 unspecified atom stereocenters. The minimum absolute atomic E-state index is 0.0485. The van der Waals surface area contributed by atoms with Crippen LogP contribution in [0.25, 0.3) is 11.6 Å². The number of anilines is 2. The summed E-state index contributed by atoms with van der Waals surface area (Å²) in [6, 6.07) is 5.07. The number of hydrogen-bond donors (Lipinski definition) is 3. The number of fused-ring (bicyclic) bond motifs is 1. The molecular formula is C23H30N5O4S-. The van der Waals surface area contributed by atoms with E-state index in [9.17, 15) is 13.8 Å². The summed E-state index contributed by atoms with van der Waals surface area (Å²) in [5.74, 6) is -0.292. The number of rotatable bonds is 9. The Morgan fingerprint density at radius 1 is 1.27 bits per heavy atom. The molecule has 0 saturated carbocycles. The second-order valence-electron chi connectivity index (χ2n) is 7.71. The fraction of sp³-hybridized carbons (Fsp3) is 0.391. The summed E-state index contributed by atoms with van der Waals surface area (Å²) in [4.78, 5) is 30.6. The van der Waals surface area contributed by atoms with Gasteiger partial charge in [-0.2, -0.15) is 0 Å². The molecular weight excluding hydrogens is 442 g/mol. The van der Waals surface area contributed by atoms with Gasteiger partial charge in [0.15, 0.2) is 0 Å². The Balaban J connectivity index is 1.87. The quantitative estimate of drug-likeness (QED) is 0.375. The average molecular weight is 473 g/mol. The summed E-state index contributed by atoms with van der Waals surface area (Å²) in [7, 11) is -0.492. The molecule has 9 nitrogen and oxygen atoms in total. The number of nitrogens with one attached hydrogen (secondary N) is 3. The van der Waals surface area contributed by atoms with Crippen LogP contribution in [-0.4, -0.2) is 48.4 Å². The maximum atomic E-state index is 12.6. The van der Waals surface area contributed by atoms with Gasteiger partial charge in [-0.1, -0.05) is 24.7 Å². The zero-order valence-corrected chi connectivity index (χ0v) is 20.4. The standard InChI is InChI=1S/C23H30N5O4S/c1-6-28(7-2)11-10-21(29)26-22-14(3)20(24-15(22)4)13-18-17-12-16(27-33(31)32-5)8-9-19(17)25-23(18)30/h8-9,12-13,24H,6-7,10-11H2,1-5H3,(H,25,30)(H,26,29)/q-1/b18-13-. The van der Waals surface area contributed by atoms with Crippen molar-refractivity contribution in [2.24, 2.45) is 4.36 Å². The summed E-state index contributed by atoms with van der Waals surface area (Å²) in [5, 5.41) is 5.83. The molecule has 0 fully saturated rings. The Bertz CT molecular complexity index is 1170. The van der Waals surface area contributed by atoms with E-state index in [1.54, 1.807) is 24.3 Å². The number of amides is 2. The fourth-order valence-electron chi connectivity index (χ4n) is 3.75. The van der Waals surface area contributed by atoms with Gasteiger partial charge in [0.05, 0.1) is 11.3 Å². The van der Waals surface area contributed by atoms with E-state index in [2.05, 4.69) is 42.9 Å². The van der Waals surface area contributed by atoms with Crippen molar-refractivity contribution in [1.82, 2.24) is 9.88 Å². The number of aromatic amines is 1. The van der Waals surface area contributed by atoms with Gasteiger partial charge in [-0.3, -0.25) is 9.59 Å². The fourth-order valence-corrected chi connectivity index (χ4v) is 4.11. The van der Waals surface area contributed by atoms with Crippen LogP contribution in [0.3, 0.4) is 0 Å². The van der Waals surface area contributed by atoms with E-state index in [1.165, 1.54) is 7.11 Å². The van der Waals surface area contributed by atoms with Crippen molar-refractivity contribution < 1.29 is 18.0 Å². The van der Waals surface area contributed by atoms with Crippen molar-refractivity contribution >= 4 is 51.4 Å². The zero-order valence-electron chi connectivity index (χ0n) is 19.6. The molecule has 10 heteroatoms. The molecule has 0 radical (unpaired) electrons. The van der Waals surface area contributed by atoms with Gasteiger partial charge in [0.1, 0.15) is 0 Å². The van der Waals surface area contributed by atoms with Crippen LogP contribution < -0.4 is 10.6 Å². The molecule has 1 aliphatic rings. The van der Waals surface area contributed by atoms with Gasteiger partial charge in [0.25, 0.3) is 5.91 Å². The highest BCUT2D eigenvalue weighted by molar-refractivity contribution is 7.69. The first-order valence-corrected chi connectivity index (χ1v) is 11.9. The maximum Gasteiger partial charge on any atom is 0.256 e. The zero-order chi connectivity index (χ0) is 24.1. The Kier molecular flexibility index (Phi) is 8.06. The number of carbonyl (C=O) groups is 2. The van der Waals surface area contributed by atoms with Crippen molar-refractivity contribution in [1.29, 1.82) is 0 Å². The van der Waals surface area contributed by atoms with E-state index in [4.69, 9.17) is 0 Å². The van der Waals surface area contributed by atoms with Crippen LogP contribution in [-0.2, 0) is 28.9 Å². The minimum Gasteiger partial charge on any atom is -0.441 e. The first kappa shape index (κ1) is 24.7. The molecule has 0 aliphatic carbocycles. The van der Waals surface area contributed by atoms with Gasteiger partial charge in [-0.25, -0.2) is 0 Å². The smallest absolute Gasteiger partial charge is 0.256 e. The van der Waals surface area contributed by atoms with Crippen LogP contribution >= 0.6 is 0 Å². The van der Waals surface area contributed by atoms with Gasteiger partial charge in [-0.15, -0.1) is 0 Å². The van der Waals surface area contributed by atoms with Gasteiger partial charge < -0.3 is 33.3 Å². The summed E-state index contributed by atoms with van der Waals surface area (Å²) in [6.45, 7) is 10.5. The summed E-state index contributed by atoms with van der Waals surface area (Å²) >= 11 is 0. The summed E-state index contributed by atoms with van der Waals surface area (Å²) in [5.41, 5.74) is 5.32. The first-order chi connectivity index (χ1) is 15.8. The molecule has 178 valence electrons. The minimum atomic E-state index is -1.80. The Hall–Kier alpha value is -2.95. The average Bonchev–Trinajstić information content (AvgIpc) is 3.24. The molecule has 2 heterocycles. The lowest BCUT2D eigenvalue weighted by Crippen LogP contribution is -2.27. The van der Waals surface area contributed by atoms with Gasteiger partial charge in [0, 0.05) is 48.4 Å². The third-order valence-corrected chi connectivity index (χ3v) is 6.33. The number of H-pyrrole nitrogens is 1. The molecule has 0 bridgehead atoms. The Morgan fingerprint density at radius 2 is 2.00 bits per heavy atom. The largest absolute Gasteiger partial charge is 0.441 e. The highest BCUT2D eigenvalue weighted by Gasteiger charge is 2.25. The molecule has 2 aromatic rings. The van der Waals surface area contributed by atoms with Crippen LogP contribution in [0.4, 0.5) is 17.1 Å². The van der Waals surface area contributed by atoms with Crippen LogP contribution in [0, 0.1) is 13.8 Å². The third-order valence-electron chi connectivity index (χ3n) is 5.69. The highest BCUT2D eigenvalue weighted by atomic mass is 32.2. The monoisotopic (exact) mass is 472 g/mol. The third kappa shape index (κ3) is 5.70. The molecule has 3 rings (SSSR count). The summed E-state index contributed by atoms with van der Waals surface area (Å²) in [6.07, 6.45) is 2.17. The second-order valence-corrected chi connectivity index (χ2v) is 8.66. The molecule has 3 N–H and O–H groups in total. The molecule has 0 atom stereocenters. The van der Waals surface area contributed by atoms with E-state index in [0.717, 1.165) is 35.7 Å². The van der Waals surface area contributed by atoms with Crippen molar-refractivity contribution in [3.8, 4) is 0 Å². The number of aryl methyl sites for hydroxylation is 1. The van der Waals surface area contributed by atoms with Crippen molar-refractivity contribution in [3.05, 3.63) is 40.7 Å². The number of nitrogens with zero attached hydrogens (tertiary/aromatic N) is 2. The van der Waals surface area contributed by atoms with Gasteiger partial charge in [-0.05, 0) is 56.8 Å². The number of benzene rings is 1. The van der Waals surface area contributed by atoms with Crippen molar-refractivity contribution in [2.75, 3.05) is 37.4 Å². The van der Waals surface area contributed by atoms with E-state index in [0.29, 0.717) is 35.5 Å². The number of carbonyl (C=O) groups excluding carboxylic acids is 2. The van der Waals surface area contributed by atoms with Gasteiger partial charge >= 0.3 is 0 Å². The summed E-state index contributed by atoms with van der Waals surface area (Å²) < 4.78 is 20.2.